The summed E-state index contributed by atoms with van der Waals surface area (Å²) in [6, 6.07) is 0. The van der Waals surface area contributed by atoms with Crippen molar-refractivity contribution in [2.75, 3.05) is 0 Å². The van der Waals surface area contributed by atoms with Crippen molar-refractivity contribution in [1.82, 2.24) is 0 Å². The molecule has 0 atom stereocenters. The number of rotatable bonds is 10. The monoisotopic (exact) mass is 211 g/mol. The number of carbonyl (C=O) groups excluding carboxylic acids is 1. The van der Waals surface area contributed by atoms with Gasteiger partial charge in [0.1, 0.15) is 0 Å². The molecule has 0 aliphatic heterocycles. The molecule has 0 aliphatic rings. The van der Waals surface area contributed by atoms with Crippen molar-refractivity contribution in [2.45, 2.75) is 64.7 Å². The Morgan fingerprint density at radius 2 is 1.60 bits per heavy atom. The highest BCUT2D eigenvalue weighted by Crippen LogP contribution is 2.08. The molecule has 0 fully saturated rings. The molecule has 0 saturated heterocycles. The van der Waals surface area contributed by atoms with E-state index in [9.17, 15) is 9.90 Å². The van der Waals surface area contributed by atoms with Crippen LogP contribution >= 0.6 is 0 Å². The number of carboxylic acids is 1. The van der Waals surface area contributed by atoms with Gasteiger partial charge in [0.25, 0.3) is 0 Å². The summed E-state index contributed by atoms with van der Waals surface area (Å²) in [5.74, 6) is -0.995. The van der Waals surface area contributed by atoms with Gasteiger partial charge in [-0.15, -0.1) is 0 Å². The molecule has 0 aromatic heterocycles. The zero-order chi connectivity index (χ0) is 11.4. The number of unbranched alkanes of at least 4 members (excludes halogenated alkanes) is 7. The molecule has 0 rings (SSSR count). The van der Waals surface area contributed by atoms with Gasteiger partial charge in [-0.2, -0.15) is 0 Å². The largest absolute Gasteiger partial charge is 0.550 e. The predicted molar refractivity (Wildman–Crippen MR) is 61.4 cm³/mol. The first-order valence-corrected chi connectivity index (χ1v) is 6.12. The van der Waals surface area contributed by atoms with E-state index in [-0.39, 0.29) is 6.42 Å². The second kappa shape index (κ2) is 11.3. The minimum atomic E-state index is -0.995. The molecule has 0 amide bonds. The molecule has 0 unspecified atom stereocenters. The van der Waals surface area contributed by atoms with E-state index in [0.29, 0.717) is 0 Å². The van der Waals surface area contributed by atoms with Gasteiger partial charge in [0.15, 0.2) is 0 Å². The van der Waals surface area contributed by atoms with E-state index >= 15 is 0 Å². The number of carbonyl (C=O) groups is 1. The van der Waals surface area contributed by atoms with Crippen molar-refractivity contribution in [3.8, 4) is 0 Å². The summed E-state index contributed by atoms with van der Waals surface area (Å²) in [6.07, 6.45) is 13.8. The van der Waals surface area contributed by atoms with Crippen LogP contribution in [0.2, 0.25) is 0 Å². The number of hydrogen-bond donors (Lipinski definition) is 0. The maximum Gasteiger partial charge on any atom is 0.0452 e. The molecular formula is C13H23O2-. The molecule has 0 N–H and O–H groups in total. The molecule has 15 heavy (non-hydrogen) atoms. The maximum atomic E-state index is 10.1. The molecule has 0 aliphatic carbocycles. The van der Waals surface area contributed by atoms with Crippen molar-refractivity contribution in [1.29, 1.82) is 0 Å². The van der Waals surface area contributed by atoms with E-state index in [0.717, 1.165) is 6.42 Å². The van der Waals surface area contributed by atoms with Gasteiger partial charge in [0.2, 0.25) is 0 Å². The van der Waals surface area contributed by atoms with E-state index in [1.54, 1.807) is 6.08 Å². The van der Waals surface area contributed by atoms with Gasteiger partial charge in [-0.25, -0.2) is 0 Å². The smallest absolute Gasteiger partial charge is 0.0452 e. The molecule has 0 radical (unpaired) electrons. The first-order valence-electron chi connectivity index (χ1n) is 6.12. The molecule has 0 aromatic carbocycles. The van der Waals surface area contributed by atoms with Gasteiger partial charge >= 0.3 is 0 Å². The van der Waals surface area contributed by atoms with Crippen LogP contribution in [0, 0.1) is 0 Å². The third-order valence-electron chi connectivity index (χ3n) is 2.43. The molecule has 0 heterocycles. The Kier molecular flexibility index (Phi) is 10.7. The van der Waals surface area contributed by atoms with E-state index in [1.165, 1.54) is 44.9 Å². The molecular weight excluding hydrogens is 188 g/mol. The van der Waals surface area contributed by atoms with Gasteiger partial charge in [-0.05, 0) is 12.8 Å². The zero-order valence-corrected chi connectivity index (χ0v) is 9.84. The molecule has 88 valence electrons. The van der Waals surface area contributed by atoms with Crippen LogP contribution in [0.1, 0.15) is 64.7 Å². The quantitative estimate of drug-likeness (QED) is 0.412. The fourth-order valence-electron chi connectivity index (χ4n) is 1.52. The number of hydrogen-bond acceptors (Lipinski definition) is 2. The second-order valence-corrected chi connectivity index (χ2v) is 3.96. The Balaban J connectivity index is 3.04. The second-order valence-electron chi connectivity index (χ2n) is 3.96. The molecule has 0 saturated carbocycles. The van der Waals surface area contributed by atoms with E-state index in [4.69, 9.17) is 0 Å². The minimum absolute atomic E-state index is 0.0521. The fourth-order valence-corrected chi connectivity index (χ4v) is 1.52. The van der Waals surface area contributed by atoms with Crippen molar-refractivity contribution in [2.24, 2.45) is 0 Å². The first kappa shape index (κ1) is 14.2. The van der Waals surface area contributed by atoms with Crippen LogP contribution in [0.4, 0.5) is 0 Å². The highest BCUT2D eigenvalue weighted by Gasteiger charge is 1.89. The lowest BCUT2D eigenvalue weighted by Gasteiger charge is -1.99. The Morgan fingerprint density at radius 3 is 2.20 bits per heavy atom. The fraction of sp³-hybridized carbons (Fsp3) is 0.769. The summed E-state index contributed by atoms with van der Waals surface area (Å²) in [5, 5.41) is 10.1. The molecule has 0 aromatic rings. The average molecular weight is 211 g/mol. The Labute approximate surface area is 93.4 Å². The molecule has 0 bridgehead atoms. The Bertz CT molecular complexity index is 173. The van der Waals surface area contributed by atoms with Crippen molar-refractivity contribution in [3.05, 3.63) is 12.2 Å². The normalized spacial score (nSPS) is 11.0. The highest BCUT2D eigenvalue weighted by atomic mass is 16.4. The van der Waals surface area contributed by atoms with Crippen LogP contribution in [-0.2, 0) is 4.79 Å². The third-order valence-corrected chi connectivity index (χ3v) is 2.43. The maximum absolute atomic E-state index is 10.1. The summed E-state index contributed by atoms with van der Waals surface area (Å²) in [7, 11) is 0. The van der Waals surface area contributed by atoms with Crippen LogP contribution < -0.4 is 5.11 Å². The summed E-state index contributed by atoms with van der Waals surface area (Å²) in [6.45, 7) is 2.22. The molecule has 0 spiro atoms. The lowest BCUT2D eigenvalue weighted by molar-refractivity contribution is -0.304. The van der Waals surface area contributed by atoms with Gasteiger partial charge in [-0.1, -0.05) is 57.6 Å². The van der Waals surface area contributed by atoms with E-state index in [1.807, 2.05) is 6.08 Å². The number of carboxylic acid groups (broad SMARTS) is 1. The van der Waals surface area contributed by atoms with Crippen molar-refractivity contribution >= 4 is 5.97 Å². The summed E-state index contributed by atoms with van der Waals surface area (Å²) in [5.41, 5.74) is 0. The van der Waals surface area contributed by atoms with Crippen LogP contribution in [-0.4, -0.2) is 5.97 Å². The van der Waals surface area contributed by atoms with E-state index < -0.39 is 5.97 Å². The zero-order valence-electron chi connectivity index (χ0n) is 9.84. The Hall–Kier alpha value is -0.790. The highest BCUT2D eigenvalue weighted by molar-refractivity contribution is 5.66. The first-order chi connectivity index (χ1) is 7.27. The SMILES string of the molecule is CCCCCCCCCC=CCC(=O)[O-]. The lowest BCUT2D eigenvalue weighted by atomic mass is 10.1. The average Bonchev–Trinajstić information content (AvgIpc) is 2.20. The predicted octanol–water partition coefficient (Wildman–Crippen LogP) is 2.82. The van der Waals surface area contributed by atoms with E-state index in [2.05, 4.69) is 6.92 Å². The topological polar surface area (TPSA) is 40.1 Å². The summed E-state index contributed by atoms with van der Waals surface area (Å²) < 4.78 is 0. The number of allylic oxidation sites excluding steroid dienone is 1. The van der Waals surface area contributed by atoms with Gasteiger partial charge < -0.3 is 9.90 Å². The van der Waals surface area contributed by atoms with Crippen LogP contribution in [0.25, 0.3) is 0 Å². The van der Waals surface area contributed by atoms with Gasteiger partial charge in [0.05, 0.1) is 0 Å². The van der Waals surface area contributed by atoms with Crippen LogP contribution in [0.15, 0.2) is 12.2 Å². The van der Waals surface area contributed by atoms with Crippen LogP contribution in [0.5, 0.6) is 0 Å². The standard InChI is InChI=1S/C13H24O2/c1-2-3-4-5-6-7-8-9-10-11-12-13(14)15/h10-11H,2-9,12H2,1H3,(H,14,15)/p-1. The van der Waals surface area contributed by atoms with Gasteiger partial charge in [0, 0.05) is 12.4 Å². The minimum Gasteiger partial charge on any atom is -0.550 e. The van der Waals surface area contributed by atoms with Crippen molar-refractivity contribution < 1.29 is 9.90 Å². The lowest BCUT2D eigenvalue weighted by Crippen LogP contribution is -2.20. The van der Waals surface area contributed by atoms with Crippen LogP contribution in [0.3, 0.4) is 0 Å². The summed E-state index contributed by atoms with van der Waals surface area (Å²) >= 11 is 0. The Morgan fingerprint density at radius 1 is 1.00 bits per heavy atom. The van der Waals surface area contributed by atoms with Gasteiger partial charge in [-0.3, -0.25) is 0 Å². The van der Waals surface area contributed by atoms with Crippen molar-refractivity contribution in [3.63, 3.8) is 0 Å². The molecule has 2 heteroatoms. The molecule has 2 nitrogen and oxygen atoms in total. The summed E-state index contributed by atoms with van der Waals surface area (Å²) in [4.78, 5) is 10.1. The third kappa shape index (κ3) is 13.2. The number of aliphatic carboxylic acids is 1.